The number of methoxy groups -OCH3 is 1. The Morgan fingerprint density at radius 2 is 1.97 bits per heavy atom. The molecule has 2 fully saturated rings. The van der Waals surface area contributed by atoms with Crippen LogP contribution in [-0.2, 0) is 0 Å². The molecule has 4 aromatic rings. The first kappa shape index (κ1) is 24.4. The molecule has 2 aliphatic rings. The second kappa shape index (κ2) is 10.4. The van der Waals surface area contributed by atoms with E-state index in [0.717, 1.165) is 54.3 Å². The van der Waals surface area contributed by atoms with E-state index in [2.05, 4.69) is 60.7 Å². The Morgan fingerprint density at radius 1 is 1.13 bits per heavy atom. The van der Waals surface area contributed by atoms with Gasteiger partial charge in [-0.15, -0.1) is 0 Å². The number of hydrogen-bond acceptors (Lipinski definition) is 8. The number of nitrogens with zero attached hydrogens (tertiary/aromatic N) is 6. The van der Waals surface area contributed by atoms with Crippen LogP contribution in [0.2, 0.25) is 0 Å². The smallest absolute Gasteiger partial charge is 0.206 e. The van der Waals surface area contributed by atoms with E-state index in [-0.39, 0.29) is 0 Å². The second-order valence-corrected chi connectivity index (χ2v) is 10.2. The average Bonchev–Trinajstić information content (AvgIpc) is 3.33. The molecule has 38 heavy (non-hydrogen) atoms. The van der Waals surface area contributed by atoms with Gasteiger partial charge in [0.05, 0.1) is 24.3 Å². The summed E-state index contributed by atoms with van der Waals surface area (Å²) in [6, 6.07) is 10.5. The predicted octanol–water partition coefficient (Wildman–Crippen LogP) is 5.16. The topological polar surface area (TPSA) is 95.1 Å². The van der Waals surface area contributed by atoms with Gasteiger partial charge in [-0.3, -0.25) is 4.90 Å². The molecule has 3 aromatic heterocycles. The fourth-order valence-electron chi connectivity index (χ4n) is 5.40. The Kier molecular flexibility index (Phi) is 6.68. The number of rotatable bonds is 8. The lowest BCUT2D eigenvalue weighted by Gasteiger charge is -2.43. The number of imidazole rings is 1. The van der Waals surface area contributed by atoms with Crippen LogP contribution < -0.4 is 10.1 Å². The van der Waals surface area contributed by atoms with Gasteiger partial charge in [-0.05, 0) is 55.5 Å². The minimum atomic E-state index is 0.304. The number of ether oxygens (including phenoxy) is 1. The summed E-state index contributed by atoms with van der Waals surface area (Å²) in [7, 11) is 1.62. The average molecular weight is 511 g/mol. The second-order valence-electron chi connectivity index (χ2n) is 10.2. The van der Waals surface area contributed by atoms with E-state index in [4.69, 9.17) is 9.72 Å². The summed E-state index contributed by atoms with van der Waals surface area (Å²) in [5, 5.41) is 3.35. The molecule has 9 nitrogen and oxygen atoms in total. The molecular weight excluding hydrogens is 476 g/mol. The van der Waals surface area contributed by atoms with Gasteiger partial charge in [0.25, 0.3) is 0 Å². The minimum absolute atomic E-state index is 0.304. The zero-order valence-electron chi connectivity index (χ0n) is 22.0. The summed E-state index contributed by atoms with van der Waals surface area (Å²) in [5.41, 5.74) is 6.02. The van der Waals surface area contributed by atoms with Crippen molar-refractivity contribution in [1.29, 1.82) is 0 Å². The predicted molar refractivity (Wildman–Crippen MR) is 149 cm³/mol. The van der Waals surface area contributed by atoms with Gasteiger partial charge in [0.2, 0.25) is 5.95 Å². The van der Waals surface area contributed by atoms with Gasteiger partial charge in [-0.25, -0.2) is 19.9 Å². The van der Waals surface area contributed by atoms with Gasteiger partial charge in [0, 0.05) is 49.7 Å². The lowest BCUT2D eigenvalue weighted by molar-refractivity contribution is 0.109. The number of benzene rings is 1. The monoisotopic (exact) mass is 510 g/mol. The normalized spacial score (nSPS) is 17.3. The van der Waals surface area contributed by atoms with E-state index >= 15 is 0 Å². The molecule has 1 aliphatic carbocycles. The van der Waals surface area contributed by atoms with Gasteiger partial charge in [-0.1, -0.05) is 19.1 Å². The maximum Gasteiger partial charge on any atom is 0.206 e. The highest BCUT2D eigenvalue weighted by Gasteiger charge is 2.28. The molecule has 2 N–H and O–H groups in total. The van der Waals surface area contributed by atoms with Crippen molar-refractivity contribution < 1.29 is 4.74 Å². The Bertz CT molecular complexity index is 1440. The molecule has 0 amide bonds. The van der Waals surface area contributed by atoms with Gasteiger partial charge in [0.15, 0.2) is 5.75 Å². The fraction of sp³-hybridized carbons (Fsp3) is 0.379. The van der Waals surface area contributed by atoms with Crippen molar-refractivity contribution in [3.05, 3.63) is 66.9 Å². The highest BCUT2D eigenvalue weighted by Crippen LogP contribution is 2.35. The first-order valence-electron chi connectivity index (χ1n) is 13.3. The minimum Gasteiger partial charge on any atom is -0.493 e. The summed E-state index contributed by atoms with van der Waals surface area (Å²) in [6.07, 6.45) is 9.03. The zero-order chi connectivity index (χ0) is 26.1. The molecule has 1 unspecified atom stereocenters. The third-order valence-electron chi connectivity index (χ3n) is 8.01. The molecule has 1 aromatic carbocycles. The Balaban J connectivity index is 1.13. The van der Waals surface area contributed by atoms with Gasteiger partial charge < -0.3 is 19.9 Å². The quantitative estimate of drug-likeness (QED) is 0.336. The highest BCUT2D eigenvalue weighted by molar-refractivity contribution is 5.84. The summed E-state index contributed by atoms with van der Waals surface area (Å²) in [5.74, 6) is 2.76. The van der Waals surface area contributed by atoms with E-state index in [1.165, 1.54) is 36.9 Å². The van der Waals surface area contributed by atoms with E-state index < -0.39 is 0 Å². The van der Waals surface area contributed by atoms with Crippen molar-refractivity contribution in [3.8, 4) is 17.0 Å². The van der Waals surface area contributed by atoms with E-state index in [1.54, 1.807) is 13.3 Å². The third-order valence-corrected chi connectivity index (χ3v) is 8.01. The first-order valence-corrected chi connectivity index (χ1v) is 13.3. The first-order chi connectivity index (χ1) is 18.6. The van der Waals surface area contributed by atoms with Crippen molar-refractivity contribution in [2.45, 2.75) is 32.2 Å². The van der Waals surface area contributed by atoms with Crippen molar-refractivity contribution in [3.63, 3.8) is 0 Å². The van der Waals surface area contributed by atoms with Crippen LogP contribution in [0.25, 0.3) is 22.3 Å². The van der Waals surface area contributed by atoms with Crippen LogP contribution in [0, 0.1) is 5.92 Å². The molecule has 1 aliphatic heterocycles. The summed E-state index contributed by atoms with van der Waals surface area (Å²) < 4.78 is 5.42. The van der Waals surface area contributed by atoms with E-state index in [1.807, 2.05) is 24.4 Å². The molecule has 0 spiro atoms. The van der Waals surface area contributed by atoms with Crippen molar-refractivity contribution in [2.75, 3.05) is 38.6 Å². The molecule has 1 saturated carbocycles. The molecule has 9 heteroatoms. The number of nitrogens with one attached hydrogen (secondary N) is 2. The molecule has 1 saturated heterocycles. The van der Waals surface area contributed by atoms with Crippen molar-refractivity contribution >= 4 is 22.8 Å². The number of H-pyrrole nitrogens is 1. The molecule has 0 bridgehead atoms. The van der Waals surface area contributed by atoms with Crippen molar-refractivity contribution in [2.24, 2.45) is 5.92 Å². The van der Waals surface area contributed by atoms with Crippen LogP contribution in [0.15, 0.2) is 61.3 Å². The number of hydrogen-bond donors (Lipinski definition) is 2. The Hall–Kier alpha value is -3.98. The van der Waals surface area contributed by atoms with E-state index in [9.17, 15) is 0 Å². The fourth-order valence-corrected chi connectivity index (χ4v) is 5.40. The number of fused-ring (bicyclic) bond motifs is 1. The SMILES string of the molecule is C=C(C1CCC1)N1CCN(C(C)c2ccnc(Nc3nc4ccc(-c5ncncc5OC)cc4[nH]3)c2)CC1. The molecular formula is C29H34N8O. The Morgan fingerprint density at radius 3 is 2.74 bits per heavy atom. The van der Waals surface area contributed by atoms with Crippen LogP contribution in [-0.4, -0.2) is 68.0 Å². The maximum atomic E-state index is 5.42. The molecule has 196 valence electrons. The highest BCUT2D eigenvalue weighted by atomic mass is 16.5. The number of aromatic nitrogens is 5. The standard InChI is InChI=1S/C29H34N8O/c1-19(21-5-4-6-21)36-11-13-37(14-12-36)20(2)22-9-10-31-27(16-22)35-29-33-24-8-7-23(15-25(24)34-29)28-26(38-3)17-30-18-32-28/h7-10,15-18,20-21H,1,4-6,11-14H2,2-3H3,(H2,31,33,34,35). The van der Waals surface area contributed by atoms with Crippen LogP contribution in [0.1, 0.15) is 37.8 Å². The third kappa shape index (κ3) is 4.81. The van der Waals surface area contributed by atoms with E-state index in [0.29, 0.717) is 23.7 Å². The zero-order valence-corrected chi connectivity index (χ0v) is 22.0. The number of pyridine rings is 1. The summed E-state index contributed by atoms with van der Waals surface area (Å²) >= 11 is 0. The Labute approximate surface area is 223 Å². The van der Waals surface area contributed by atoms with Crippen molar-refractivity contribution in [1.82, 2.24) is 34.7 Å². The van der Waals surface area contributed by atoms with Crippen LogP contribution in [0.3, 0.4) is 0 Å². The molecule has 4 heterocycles. The summed E-state index contributed by atoms with van der Waals surface area (Å²) in [4.78, 5) is 26.1. The molecule has 1 atom stereocenters. The number of anilines is 2. The van der Waals surface area contributed by atoms with Gasteiger partial charge in [-0.2, -0.15) is 0 Å². The number of allylic oxidation sites excluding steroid dienone is 1. The largest absolute Gasteiger partial charge is 0.493 e. The molecule has 0 radical (unpaired) electrons. The summed E-state index contributed by atoms with van der Waals surface area (Å²) in [6.45, 7) is 10.9. The number of aromatic amines is 1. The van der Waals surface area contributed by atoms with Crippen LogP contribution >= 0.6 is 0 Å². The lowest BCUT2D eigenvalue weighted by Crippen LogP contribution is -2.47. The number of piperazine rings is 1. The molecule has 6 rings (SSSR count). The van der Waals surface area contributed by atoms with Crippen LogP contribution in [0.5, 0.6) is 5.75 Å². The van der Waals surface area contributed by atoms with Gasteiger partial charge >= 0.3 is 0 Å². The van der Waals surface area contributed by atoms with Crippen LogP contribution in [0.4, 0.5) is 11.8 Å². The van der Waals surface area contributed by atoms with Gasteiger partial charge in [0.1, 0.15) is 17.8 Å². The maximum absolute atomic E-state index is 5.42. The lowest BCUT2D eigenvalue weighted by atomic mass is 9.82.